The molecule has 1 aliphatic rings. The van der Waals surface area contributed by atoms with E-state index in [2.05, 4.69) is 0 Å². The lowest BCUT2D eigenvalue weighted by molar-refractivity contribution is -0.114. The Hall–Kier alpha value is -2.62. The van der Waals surface area contributed by atoms with Gasteiger partial charge in [0, 0.05) is 6.54 Å². The van der Waals surface area contributed by atoms with E-state index >= 15 is 0 Å². The number of carbonyl (C=O) groups is 2. The molecule has 0 saturated heterocycles. The lowest BCUT2D eigenvalue weighted by Gasteiger charge is -2.13. The second kappa shape index (κ2) is 5.05. The van der Waals surface area contributed by atoms with Crippen molar-refractivity contribution >= 4 is 17.4 Å². The third-order valence-electron chi connectivity index (χ3n) is 3.71. The van der Waals surface area contributed by atoms with Crippen LogP contribution >= 0.6 is 0 Å². The van der Waals surface area contributed by atoms with Gasteiger partial charge in [0.05, 0.1) is 18.4 Å². The summed E-state index contributed by atoms with van der Waals surface area (Å²) in [5, 5.41) is 0. The Morgan fingerprint density at radius 2 is 1.67 bits per heavy atom. The third-order valence-corrected chi connectivity index (χ3v) is 3.71. The zero-order chi connectivity index (χ0) is 15.0. The minimum atomic E-state index is -0.445. The molecule has 0 aliphatic carbocycles. The first-order chi connectivity index (χ1) is 10.2. The molecule has 0 saturated carbocycles. The first-order valence-electron chi connectivity index (χ1n) is 6.80. The van der Waals surface area contributed by atoms with Crippen LogP contribution in [0.2, 0.25) is 0 Å². The Labute approximate surface area is 123 Å². The molecule has 1 heterocycles. The predicted molar refractivity (Wildman–Crippen MR) is 80.8 cm³/mol. The van der Waals surface area contributed by atoms with Crippen molar-refractivity contribution in [3.8, 4) is 16.9 Å². The van der Waals surface area contributed by atoms with Crippen molar-refractivity contribution in [1.29, 1.82) is 0 Å². The normalized spacial score (nSPS) is 13.5. The third kappa shape index (κ3) is 2.09. The van der Waals surface area contributed by atoms with E-state index in [0.717, 1.165) is 16.9 Å². The molecule has 4 heteroatoms. The summed E-state index contributed by atoms with van der Waals surface area (Å²) in [5.74, 6) is -0.0927. The number of hydrogen-bond acceptors (Lipinski definition) is 3. The first kappa shape index (κ1) is 13.4. The molecule has 0 unspecified atom stereocenters. The standard InChI is InChI=1S/C17H15NO3/c1-3-18-15-9-6-12(10-14(15)16(19)17(18)20)11-4-7-13(21-2)8-5-11/h4-10H,3H2,1-2H3. The van der Waals surface area contributed by atoms with Gasteiger partial charge in [-0.3, -0.25) is 9.59 Å². The van der Waals surface area contributed by atoms with Crippen LogP contribution in [0.4, 0.5) is 5.69 Å². The molecular weight excluding hydrogens is 266 g/mol. The monoisotopic (exact) mass is 281 g/mol. The molecular formula is C17H15NO3. The van der Waals surface area contributed by atoms with E-state index in [4.69, 9.17) is 4.74 Å². The quantitative estimate of drug-likeness (QED) is 0.813. The van der Waals surface area contributed by atoms with Crippen molar-refractivity contribution in [2.45, 2.75) is 6.92 Å². The number of rotatable bonds is 3. The van der Waals surface area contributed by atoms with Gasteiger partial charge in [-0.1, -0.05) is 18.2 Å². The number of benzene rings is 2. The zero-order valence-corrected chi connectivity index (χ0v) is 11.9. The van der Waals surface area contributed by atoms with E-state index in [1.165, 1.54) is 4.90 Å². The van der Waals surface area contributed by atoms with E-state index in [0.29, 0.717) is 17.8 Å². The maximum atomic E-state index is 12.0. The minimum Gasteiger partial charge on any atom is -0.497 e. The highest BCUT2D eigenvalue weighted by Gasteiger charge is 2.34. The fourth-order valence-corrected chi connectivity index (χ4v) is 2.58. The fraction of sp³-hybridized carbons (Fsp3) is 0.176. The van der Waals surface area contributed by atoms with Gasteiger partial charge in [-0.05, 0) is 42.3 Å². The molecule has 1 aliphatic heterocycles. The minimum absolute atomic E-state index is 0.429. The van der Waals surface area contributed by atoms with Gasteiger partial charge in [-0.25, -0.2) is 0 Å². The van der Waals surface area contributed by atoms with Crippen LogP contribution in [0.15, 0.2) is 42.5 Å². The molecule has 1 amide bonds. The van der Waals surface area contributed by atoms with Crippen LogP contribution < -0.4 is 9.64 Å². The lowest BCUT2D eigenvalue weighted by atomic mass is 10.0. The molecule has 106 valence electrons. The summed E-state index contributed by atoms with van der Waals surface area (Å²) in [6.45, 7) is 2.36. The van der Waals surface area contributed by atoms with Crippen molar-refractivity contribution < 1.29 is 14.3 Å². The molecule has 3 rings (SSSR count). The molecule has 0 fully saturated rings. The Kier molecular flexibility index (Phi) is 3.22. The summed E-state index contributed by atoms with van der Waals surface area (Å²) in [6, 6.07) is 13.1. The number of methoxy groups -OCH3 is 1. The predicted octanol–water partition coefficient (Wildman–Crippen LogP) is 2.91. The van der Waals surface area contributed by atoms with Gasteiger partial charge < -0.3 is 9.64 Å². The SMILES string of the molecule is CCN1C(=O)C(=O)c2cc(-c3ccc(OC)cc3)ccc21. The molecule has 21 heavy (non-hydrogen) atoms. The van der Waals surface area contributed by atoms with Crippen LogP contribution in [0.5, 0.6) is 5.75 Å². The summed E-state index contributed by atoms with van der Waals surface area (Å²) in [6.07, 6.45) is 0. The van der Waals surface area contributed by atoms with Gasteiger partial charge in [0.25, 0.3) is 11.7 Å². The molecule has 4 nitrogen and oxygen atoms in total. The number of Topliss-reactive ketones (excluding diaryl/α,β-unsaturated/α-hetero) is 1. The number of nitrogens with zero attached hydrogens (tertiary/aromatic N) is 1. The first-order valence-corrected chi connectivity index (χ1v) is 6.80. The van der Waals surface area contributed by atoms with Crippen LogP contribution in [0.3, 0.4) is 0 Å². The number of fused-ring (bicyclic) bond motifs is 1. The number of ether oxygens (including phenoxy) is 1. The molecule has 0 radical (unpaired) electrons. The average Bonchev–Trinajstić information content (AvgIpc) is 2.78. The summed E-state index contributed by atoms with van der Waals surface area (Å²) in [4.78, 5) is 25.4. The highest BCUT2D eigenvalue weighted by molar-refractivity contribution is 6.52. The number of carbonyl (C=O) groups excluding carboxylic acids is 2. The molecule has 0 bridgehead atoms. The smallest absolute Gasteiger partial charge is 0.299 e. The number of hydrogen-bond donors (Lipinski definition) is 0. The van der Waals surface area contributed by atoms with Gasteiger partial charge in [0.1, 0.15) is 5.75 Å². The van der Waals surface area contributed by atoms with Crippen molar-refractivity contribution in [3.63, 3.8) is 0 Å². The second-order valence-corrected chi connectivity index (χ2v) is 4.84. The molecule has 0 aromatic heterocycles. The molecule has 2 aromatic carbocycles. The average molecular weight is 281 g/mol. The number of amides is 1. The van der Waals surface area contributed by atoms with Crippen molar-refractivity contribution in [1.82, 2.24) is 0 Å². The molecule has 0 N–H and O–H groups in total. The Bertz CT molecular complexity index is 719. The van der Waals surface area contributed by atoms with Crippen LogP contribution in [0, 0.1) is 0 Å². The summed E-state index contributed by atoms with van der Waals surface area (Å²) < 4.78 is 5.13. The lowest BCUT2D eigenvalue weighted by Crippen LogP contribution is -2.29. The topological polar surface area (TPSA) is 46.6 Å². The van der Waals surface area contributed by atoms with Gasteiger partial charge in [0.15, 0.2) is 0 Å². The van der Waals surface area contributed by atoms with Gasteiger partial charge in [-0.2, -0.15) is 0 Å². The Morgan fingerprint density at radius 3 is 2.29 bits per heavy atom. The van der Waals surface area contributed by atoms with Crippen LogP contribution in [0.25, 0.3) is 11.1 Å². The molecule has 2 aromatic rings. The summed E-state index contributed by atoms with van der Waals surface area (Å²) >= 11 is 0. The maximum Gasteiger partial charge on any atom is 0.299 e. The summed E-state index contributed by atoms with van der Waals surface area (Å²) in [5.41, 5.74) is 3.07. The number of likely N-dealkylation sites (N-methyl/N-ethyl adjacent to an activating group) is 1. The van der Waals surface area contributed by atoms with Gasteiger partial charge in [-0.15, -0.1) is 0 Å². The molecule has 0 spiro atoms. The van der Waals surface area contributed by atoms with E-state index in [1.807, 2.05) is 43.3 Å². The summed E-state index contributed by atoms with van der Waals surface area (Å²) in [7, 11) is 1.62. The van der Waals surface area contributed by atoms with Gasteiger partial charge >= 0.3 is 0 Å². The molecule has 0 atom stereocenters. The number of ketones is 1. The van der Waals surface area contributed by atoms with Crippen molar-refractivity contribution in [2.75, 3.05) is 18.6 Å². The Morgan fingerprint density at radius 1 is 1.00 bits per heavy atom. The maximum absolute atomic E-state index is 12.0. The highest BCUT2D eigenvalue weighted by atomic mass is 16.5. The Balaban J connectivity index is 2.04. The zero-order valence-electron chi connectivity index (χ0n) is 11.9. The van der Waals surface area contributed by atoms with E-state index in [-0.39, 0.29) is 0 Å². The highest BCUT2D eigenvalue weighted by Crippen LogP contribution is 2.33. The van der Waals surface area contributed by atoms with Crippen molar-refractivity contribution in [2.24, 2.45) is 0 Å². The number of anilines is 1. The largest absolute Gasteiger partial charge is 0.497 e. The van der Waals surface area contributed by atoms with Crippen LogP contribution in [0.1, 0.15) is 17.3 Å². The van der Waals surface area contributed by atoms with Crippen molar-refractivity contribution in [3.05, 3.63) is 48.0 Å². The van der Waals surface area contributed by atoms with Gasteiger partial charge in [0.2, 0.25) is 0 Å². The van der Waals surface area contributed by atoms with E-state index < -0.39 is 11.7 Å². The fourth-order valence-electron chi connectivity index (χ4n) is 2.58. The van der Waals surface area contributed by atoms with E-state index in [9.17, 15) is 9.59 Å². The van der Waals surface area contributed by atoms with E-state index in [1.54, 1.807) is 13.2 Å². The van der Waals surface area contributed by atoms with Crippen LogP contribution in [-0.2, 0) is 4.79 Å². The van der Waals surface area contributed by atoms with Crippen LogP contribution in [-0.4, -0.2) is 25.3 Å². The second-order valence-electron chi connectivity index (χ2n) is 4.84.